The Hall–Kier alpha value is -2.61. The van der Waals surface area contributed by atoms with E-state index in [0.29, 0.717) is 11.3 Å². The largest absolute Gasteiger partial charge is 0.398 e. The molecule has 0 atom stereocenters. The molecule has 18 heavy (non-hydrogen) atoms. The highest BCUT2D eigenvalue weighted by Crippen LogP contribution is 2.23. The molecule has 0 aliphatic rings. The van der Waals surface area contributed by atoms with Crippen molar-refractivity contribution in [3.8, 4) is 6.07 Å². The van der Waals surface area contributed by atoms with Crippen LogP contribution in [0.5, 0.6) is 0 Å². The molecule has 0 spiro atoms. The molecule has 0 radical (unpaired) electrons. The predicted molar refractivity (Wildman–Crippen MR) is 65.2 cm³/mol. The molecule has 0 unspecified atom stereocenters. The summed E-state index contributed by atoms with van der Waals surface area (Å²) in [5.74, 6) is -1.11. The molecule has 0 aliphatic carbocycles. The first kappa shape index (κ1) is 11.9. The van der Waals surface area contributed by atoms with Gasteiger partial charge < -0.3 is 11.1 Å². The molecule has 0 bridgehead atoms. The summed E-state index contributed by atoms with van der Waals surface area (Å²) in [5.41, 5.74) is 6.73. The van der Waals surface area contributed by atoms with Crippen molar-refractivity contribution in [3.05, 3.63) is 53.6 Å². The number of nitrogens with two attached hydrogens (primary N) is 1. The van der Waals surface area contributed by atoms with E-state index in [9.17, 15) is 8.78 Å². The highest BCUT2D eigenvalue weighted by molar-refractivity contribution is 5.67. The van der Waals surface area contributed by atoms with Gasteiger partial charge >= 0.3 is 0 Å². The van der Waals surface area contributed by atoms with Gasteiger partial charge in [0.1, 0.15) is 17.7 Å². The van der Waals surface area contributed by atoms with E-state index < -0.39 is 11.6 Å². The van der Waals surface area contributed by atoms with Crippen molar-refractivity contribution in [3.63, 3.8) is 0 Å². The molecule has 0 heterocycles. The second-order valence-corrected chi connectivity index (χ2v) is 3.66. The fourth-order valence-electron chi connectivity index (χ4n) is 1.49. The molecule has 2 aromatic rings. The molecular weight excluding hydrogens is 236 g/mol. The number of nitrogens with zero attached hydrogens (tertiary/aromatic N) is 1. The molecule has 2 rings (SSSR count). The number of nitrogens with one attached hydrogen (secondary N) is 1. The van der Waals surface area contributed by atoms with Gasteiger partial charge in [-0.2, -0.15) is 5.26 Å². The maximum atomic E-state index is 13.4. The van der Waals surface area contributed by atoms with Gasteiger partial charge in [-0.25, -0.2) is 8.78 Å². The van der Waals surface area contributed by atoms with Crippen molar-refractivity contribution in [2.75, 3.05) is 11.1 Å². The summed E-state index contributed by atoms with van der Waals surface area (Å²) >= 11 is 0. The molecule has 0 amide bonds. The molecule has 2 aromatic carbocycles. The first-order chi connectivity index (χ1) is 8.60. The van der Waals surface area contributed by atoms with Gasteiger partial charge in [0.2, 0.25) is 0 Å². The minimum atomic E-state index is -0.570. The Balaban J connectivity index is 2.32. The summed E-state index contributed by atoms with van der Waals surface area (Å²) < 4.78 is 26.4. The van der Waals surface area contributed by atoms with Gasteiger partial charge in [0.15, 0.2) is 0 Å². The number of rotatable bonds is 2. The maximum absolute atomic E-state index is 13.4. The van der Waals surface area contributed by atoms with Crippen LogP contribution in [0.4, 0.5) is 25.8 Å². The van der Waals surface area contributed by atoms with Crippen molar-refractivity contribution in [2.24, 2.45) is 0 Å². The van der Waals surface area contributed by atoms with Crippen molar-refractivity contribution in [2.45, 2.75) is 0 Å². The zero-order valence-corrected chi connectivity index (χ0v) is 9.24. The quantitative estimate of drug-likeness (QED) is 0.799. The lowest BCUT2D eigenvalue weighted by molar-refractivity contribution is 0.603. The van der Waals surface area contributed by atoms with Crippen molar-refractivity contribution >= 4 is 17.1 Å². The van der Waals surface area contributed by atoms with E-state index >= 15 is 0 Å². The van der Waals surface area contributed by atoms with Crippen LogP contribution >= 0.6 is 0 Å². The van der Waals surface area contributed by atoms with Crippen LogP contribution < -0.4 is 11.1 Å². The molecule has 3 N–H and O–H groups in total. The van der Waals surface area contributed by atoms with E-state index in [1.807, 2.05) is 6.07 Å². The molecule has 0 saturated heterocycles. The molecule has 0 saturated carbocycles. The van der Waals surface area contributed by atoms with Crippen molar-refractivity contribution < 1.29 is 8.78 Å². The normalized spacial score (nSPS) is 9.83. The van der Waals surface area contributed by atoms with Gasteiger partial charge in [-0.3, -0.25) is 0 Å². The fourth-order valence-corrected chi connectivity index (χ4v) is 1.49. The third kappa shape index (κ3) is 2.38. The van der Waals surface area contributed by atoms with Crippen molar-refractivity contribution in [1.82, 2.24) is 0 Å². The zero-order valence-electron chi connectivity index (χ0n) is 9.24. The molecule has 90 valence electrons. The number of nitriles is 1. The maximum Gasteiger partial charge on any atom is 0.146 e. The Morgan fingerprint density at radius 2 is 1.89 bits per heavy atom. The minimum Gasteiger partial charge on any atom is -0.398 e. The monoisotopic (exact) mass is 245 g/mol. The van der Waals surface area contributed by atoms with Gasteiger partial charge in [-0.1, -0.05) is 0 Å². The standard InChI is InChI=1S/C13H9F2N3/c14-9-2-4-11(15)13(5-9)18-10-3-1-8(7-16)12(17)6-10/h1-6,18H,17H2. The van der Waals surface area contributed by atoms with E-state index in [4.69, 9.17) is 11.0 Å². The Kier molecular flexibility index (Phi) is 3.11. The van der Waals surface area contributed by atoms with Gasteiger partial charge in [0.25, 0.3) is 0 Å². The summed E-state index contributed by atoms with van der Waals surface area (Å²) in [6, 6.07) is 9.60. The lowest BCUT2D eigenvalue weighted by atomic mass is 10.1. The average molecular weight is 245 g/mol. The van der Waals surface area contributed by atoms with Gasteiger partial charge in [0.05, 0.1) is 16.9 Å². The molecular formula is C13H9F2N3. The predicted octanol–water partition coefficient (Wildman–Crippen LogP) is 3.16. The first-order valence-corrected chi connectivity index (χ1v) is 5.12. The lowest BCUT2D eigenvalue weighted by Gasteiger charge is -2.08. The number of anilines is 3. The second-order valence-electron chi connectivity index (χ2n) is 3.66. The Morgan fingerprint density at radius 1 is 1.11 bits per heavy atom. The number of halogens is 2. The summed E-state index contributed by atoms with van der Waals surface area (Å²) in [4.78, 5) is 0. The third-order valence-electron chi connectivity index (χ3n) is 2.38. The third-order valence-corrected chi connectivity index (χ3v) is 2.38. The van der Waals surface area contributed by atoms with Crippen LogP contribution in [0.2, 0.25) is 0 Å². The zero-order chi connectivity index (χ0) is 13.1. The van der Waals surface area contributed by atoms with Crippen LogP contribution in [0.15, 0.2) is 36.4 Å². The minimum absolute atomic E-state index is 0.0131. The highest BCUT2D eigenvalue weighted by Gasteiger charge is 2.05. The smallest absolute Gasteiger partial charge is 0.146 e. The van der Waals surface area contributed by atoms with Crippen LogP contribution in [0.3, 0.4) is 0 Å². The summed E-state index contributed by atoms with van der Waals surface area (Å²) in [6.07, 6.45) is 0. The fraction of sp³-hybridized carbons (Fsp3) is 0. The first-order valence-electron chi connectivity index (χ1n) is 5.12. The van der Waals surface area contributed by atoms with E-state index in [1.54, 1.807) is 6.07 Å². The summed E-state index contributed by atoms with van der Waals surface area (Å²) in [6.45, 7) is 0. The van der Waals surface area contributed by atoms with Crippen molar-refractivity contribution in [1.29, 1.82) is 5.26 Å². The van der Waals surface area contributed by atoms with Gasteiger partial charge in [-0.15, -0.1) is 0 Å². The second kappa shape index (κ2) is 4.72. The Bertz CT molecular complexity index is 633. The topological polar surface area (TPSA) is 61.8 Å². The molecule has 0 aliphatic heterocycles. The van der Waals surface area contributed by atoms with Crippen LogP contribution in [0, 0.1) is 23.0 Å². The molecule has 0 fully saturated rings. The SMILES string of the molecule is N#Cc1ccc(Nc2cc(F)ccc2F)cc1N. The molecule has 5 heteroatoms. The van der Waals surface area contributed by atoms with Crippen LogP contribution in [0.25, 0.3) is 0 Å². The number of nitrogen functional groups attached to an aromatic ring is 1. The lowest BCUT2D eigenvalue weighted by Crippen LogP contribution is -1.97. The van der Waals surface area contributed by atoms with E-state index in [2.05, 4.69) is 5.32 Å². The summed E-state index contributed by atoms with van der Waals surface area (Å²) in [7, 11) is 0. The van der Waals surface area contributed by atoms with Crippen LogP contribution in [0.1, 0.15) is 5.56 Å². The van der Waals surface area contributed by atoms with Crippen LogP contribution in [-0.4, -0.2) is 0 Å². The van der Waals surface area contributed by atoms with E-state index in [-0.39, 0.29) is 11.4 Å². The number of benzene rings is 2. The number of hydrogen-bond acceptors (Lipinski definition) is 3. The Labute approximate surface area is 102 Å². The molecule has 3 nitrogen and oxygen atoms in total. The highest BCUT2D eigenvalue weighted by atomic mass is 19.1. The summed E-state index contributed by atoms with van der Waals surface area (Å²) in [5, 5.41) is 11.4. The van der Waals surface area contributed by atoms with E-state index in [1.165, 1.54) is 12.1 Å². The molecule has 0 aromatic heterocycles. The average Bonchev–Trinajstić information content (AvgIpc) is 2.34. The van der Waals surface area contributed by atoms with Crippen LogP contribution in [-0.2, 0) is 0 Å². The van der Waals surface area contributed by atoms with Gasteiger partial charge in [-0.05, 0) is 30.3 Å². The number of hydrogen-bond donors (Lipinski definition) is 2. The van der Waals surface area contributed by atoms with Gasteiger partial charge in [0, 0.05) is 11.8 Å². The van der Waals surface area contributed by atoms with E-state index in [0.717, 1.165) is 18.2 Å². The Morgan fingerprint density at radius 3 is 2.56 bits per heavy atom.